The highest BCUT2D eigenvalue weighted by Gasteiger charge is 2.67. The summed E-state index contributed by atoms with van der Waals surface area (Å²) in [5.74, 6) is -2.64. The van der Waals surface area contributed by atoms with E-state index in [2.05, 4.69) is 52.3 Å². The maximum atomic E-state index is 13.4. The van der Waals surface area contributed by atoms with E-state index in [1.165, 1.54) is 0 Å². The van der Waals surface area contributed by atoms with E-state index in [9.17, 15) is 26.4 Å². The molecule has 41 heavy (non-hydrogen) atoms. The van der Waals surface area contributed by atoms with E-state index >= 15 is 0 Å². The Balaban J connectivity index is 1.73. The minimum atomic E-state index is -5.92. The van der Waals surface area contributed by atoms with Crippen LogP contribution in [-0.4, -0.2) is 39.9 Å². The van der Waals surface area contributed by atoms with Gasteiger partial charge in [0.2, 0.25) is 0 Å². The number of ether oxygens (including phenoxy) is 2. The summed E-state index contributed by atoms with van der Waals surface area (Å²) in [6.07, 6.45) is 3.79. The van der Waals surface area contributed by atoms with Crippen LogP contribution in [-0.2, 0) is 33.0 Å². The third-order valence-corrected chi connectivity index (χ3v) is 16.9. The van der Waals surface area contributed by atoms with Crippen molar-refractivity contribution in [2.75, 3.05) is 0 Å². The molecule has 0 unspecified atom stereocenters. The van der Waals surface area contributed by atoms with Crippen LogP contribution in [0.25, 0.3) is 0 Å². The Labute approximate surface area is 242 Å². The molecular weight excluding hydrogens is 577 g/mol. The summed E-state index contributed by atoms with van der Waals surface area (Å²) < 4.78 is 86.6. The first-order valence-corrected chi connectivity index (χ1v) is 17.9. The zero-order valence-corrected chi connectivity index (χ0v) is 26.9. The second kappa shape index (κ2) is 10.6. The Bertz CT molecular complexity index is 1220. The van der Waals surface area contributed by atoms with Gasteiger partial charge in [-0.3, -0.25) is 4.79 Å². The third-order valence-electron chi connectivity index (χ3n) is 9.85. The minimum Gasteiger partial charge on any atom is -0.546 e. The van der Waals surface area contributed by atoms with Gasteiger partial charge in [-0.05, 0) is 54.8 Å². The van der Waals surface area contributed by atoms with Crippen molar-refractivity contribution in [3.63, 3.8) is 0 Å². The van der Waals surface area contributed by atoms with Crippen molar-refractivity contribution in [1.82, 2.24) is 0 Å². The number of esters is 1. The van der Waals surface area contributed by atoms with Crippen molar-refractivity contribution < 1.29 is 44.5 Å². The van der Waals surface area contributed by atoms with Crippen LogP contribution in [0.15, 0.2) is 36.0 Å². The maximum absolute atomic E-state index is 13.4. The molecule has 0 aromatic carbocycles. The topological polar surface area (TPSA) is 88.1 Å². The van der Waals surface area contributed by atoms with Gasteiger partial charge in [-0.1, -0.05) is 53.7 Å². The average molecular weight is 621 g/mol. The van der Waals surface area contributed by atoms with Crippen LogP contribution in [0.3, 0.4) is 0 Å². The number of rotatable bonds is 9. The first kappa shape index (κ1) is 32.0. The smallest absolute Gasteiger partial charge is 0.534 e. The van der Waals surface area contributed by atoms with Crippen LogP contribution in [0.5, 0.6) is 0 Å². The van der Waals surface area contributed by atoms with E-state index in [1.807, 2.05) is 13.0 Å². The molecule has 232 valence electrons. The molecule has 2 heterocycles. The summed E-state index contributed by atoms with van der Waals surface area (Å²) in [6, 6.07) is 0. The predicted octanol–water partition coefficient (Wildman–Crippen LogP) is 7.34. The van der Waals surface area contributed by atoms with E-state index in [-0.39, 0.29) is 18.3 Å². The normalized spacial score (nSPS) is 33.8. The van der Waals surface area contributed by atoms with Crippen molar-refractivity contribution in [3.8, 4) is 0 Å². The molecule has 4 aliphatic rings. The van der Waals surface area contributed by atoms with Crippen molar-refractivity contribution in [3.05, 3.63) is 36.0 Å². The Kier molecular flexibility index (Phi) is 8.30. The first-order valence-electron chi connectivity index (χ1n) is 14.4. The van der Waals surface area contributed by atoms with Crippen LogP contribution >= 0.6 is 0 Å². The molecule has 0 amide bonds. The lowest BCUT2D eigenvalue weighted by atomic mass is 9.69. The highest BCUT2D eigenvalue weighted by Crippen LogP contribution is 2.60. The van der Waals surface area contributed by atoms with Crippen molar-refractivity contribution in [2.24, 2.45) is 29.6 Å². The minimum absolute atomic E-state index is 0.0366. The average Bonchev–Trinajstić information content (AvgIpc) is 3.39. The van der Waals surface area contributed by atoms with Crippen LogP contribution in [0.1, 0.15) is 74.7 Å². The summed E-state index contributed by atoms with van der Waals surface area (Å²) in [6.45, 7) is 21.0. The number of carbonyl (C=O) groups excluding carboxylic acids is 1. The zero-order chi connectivity index (χ0) is 30.9. The lowest BCUT2D eigenvalue weighted by Gasteiger charge is -2.45. The first-order chi connectivity index (χ1) is 18.7. The molecule has 0 radical (unpaired) electrons. The number of hydrogen-bond acceptors (Lipinski definition) is 7. The molecule has 2 fully saturated rings. The van der Waals surface area contributed by atoms with Gasteiger partial charge in [-0.25, -0.2) is 0 Å². The van der Waals surface area contributed by atoms with Crippen LogP contribution in [0.2, 0.25) is 16.6 Å². The lowest BCUT2D eigenvalue weighted by molar-refractivity contribution is -0.147. The second-order valence-corrected chi connectivity index (χ2v) is 20.3. The Morgan fingerprint density at radius 1 is 1.15 bits per heavy atom. The van der Waals surface area contributed by atoms with E-state index < -0.39 is 65.1 Å². The SMILES string of the molecule is C=C(C)[C@H]1CC(O[Si](C(C)C)(C(C)C)C(C)C)=C[C@H]([C@H]2C(=O)O[C@@H]3C[C@]4(C)OC=C(OS(=O)(=O)C(F)(F)F)[C@@H]4[C@H]23)C1. The van der Waals surface area contributed by atoms with E-state index in [0.29, 0.717) is 29.5 Å². The largest absolute Gasteiger partial charge is 0.546 e. The molecule has 1 saturated heterocycles. The molecule has 7 atom stereocenters. The lowest BCUT2D eigenvalue weighted by Crippen LogP contribution is -2.48. The summed E-state index contributed by atoms with van der Waals surface area (Å²) in [5.41, 5.74) is -4.71. The number of hydrogen-bond donors (Lipinski definition) is 0. The maximum Gasteiger partial charge on any atom is 0.534 e. The van der Waals surface area contributed by atoms with Gasteiger partial charge in [-0.2, -0.15) is 21.6 Å². The van der Waals surface area contributed by atoms with E-state index in [0.717, 1.165) is 17.6 Å². The van der Waals surface area contributed by atoms with Gasteiger partial charge in [0.25, 0.3) is 8.32 Å². The molecule has 0 aromatic rings. The van der Waals surface area contributed by atoms with Crippen molar-refractivity contribution >= 4 is 24.4 Å². The summed E-state index contributed by atoms with van der Waals surface area (Å²) in [5, 5.41) is 0. The van der Waals surface area contributed by atoms with Gasteiger partial charge >= 0.3 is 21.6 Å². The van der Waals surface area contributed by atoms with E-state index in [1.54, 1.807) is 6.92 Å². The number of allylic oxidation sites excluding steroid dienone is 3. The van der Waals surface area contributed by atoms with Gasteiger partial charge < -0.3 is 18.1 Å². The summed E-state index contributed by atoms with van der Waals surface area (Å²) in [4.78, 5) is 13.4. The predicted molar refractivity (Wildman–Crippen MR) is 150 cm³/mol. The van der Waals surface area contributed by atoms with Gasteiger partial charge in [0.05, 0.1) is 17.6 Å². The molecule has 0 spiro atoms. The zero-order valence-electron chi connectivity index (χ0n) is 25.1. The molecular formula is C29H43F3O7SSi. The molecule has 7 nitrogen and oxygen atoms in total. The molecule has 4 rings (SSSR count). The number of alkyl halides is 3. The summed E-state index contributed by atoms with van der Waals surface area (Å²) in [7, 11) is -8.24. The van der Waals surface area contributed by atoms with Gasteiger partial charge in [0.1, 0.15) is 18.0 Å². The van der Waals surface area contributed by atoms with Gasteiger partial charge in [0, 0.05) is 18.8 Å². The molecule has 0 bridgehead atoms. The Hall–Kier alpha value is -1.95. The van der Waals surface area contributed by atoms with Crippen molar-refractivity contribution in [1.29, 1.82) is 0 Å². The second-order valence-electron chi connectivity index (χ2n) is 13.4. The molecule has 0 N–H and O–H groups in total. The van der Waals surface area contributed by atoms with Crippen LogP contribution < -0.4 is 0 Å². The molecule has 1 saturated carbocycles. The fraction of sp³-hybridized carbons (Fsp3) is 0.759. The molecule has 0 aromatic heterocycles. The molecule has 2 aliphatic heterocycles. The van der Waals surface area contributed by atoms with Crippen LogP contribution in [0, 0.1) is 29.6 Å². The fourth-order valence-electron chi connectivity index (χ4n) is 8.12. The van der Waals surface area contributed by atoms with Gasteiger partial charge in [0.15, 0.2) is 5.76 Å². The quantitative estimate of drug-likeness (QED) is 0.0876. The number of carbonyl (C=O) groups is 1. The summed E-state index contributed by atoms with van der Waals surface area (Å²) >= 11 is 0. The Morgan fingerprint density at radius 3 is 2.24 bits per heavy atom. The number of halogens is 3. The van der Waals surface area contributed by atoms with Crippen molar-refractivity contribution in [2.45, 2.75) is 108 Å². The highest BCUT2D eigenvalue weighted by molar-refractivity contribution is 7.87. The van der Waals surface area contributed by atoms with E-state index in [4.69, 9.17) is 13.9 Å². The highest BCUT2D eigenvalue weighted by atomic mass is 32.2. The molecule has 2 aliphatic carbocycles. The monoisotopic (exact) mass is 620 g/mol. The standard InChI is InChI=1S/C29H43F3O7SSi/c1-15(2)19-10-20(12-21(11-19)39-41(16(3)4,17(5)6)18(7)8)24-25-22(37-27(24)33)13-28(9)26(25)23(14-36-28)38-40(34,35)29(30,31)32/h12,14,16-20,22,24-26H,1,10-11,13H2,2-9H3/t19-,20-,22-,24-,25+,26-,28+/m1/s1. The molecule has 12 heteroatoms. The van der Waals surface area contributed by atoms with Gasteiger partial charge in [-0.15, -0.1) is 0 Å². The Morgan fingerprint density at radius 2 is 1.73 bits per heavy atom. The third kappa shape index (κ3) is 5.36. The van der Waals surface area contributed by atoms with Crippen LogP contribution in [0.4, 0.5) is 13.2 Å². The fourth-order valence-corrected chi connectivity index (χ4v) is 13.9. The number of fused-ring (bicyclic) bond motifs is 3.